The molecular formula is C15H20N2O3. The van der Waals surface area contributed by atoms with E-state index < -0.39 is 11.4 Å². The van der Waals surface area contributed by atoms with Crippen LogP contribution < -0.4 is 5.01 Å². The summed E-state index contributed by atoms with van der Waals surface area (Å²) in [6, 6.07) is 7.66. The molecule has 0 spiro atoms. The Morgan fingerprint density at radius 2 is 2.00 bits per heavy atom. The van der Waals surface area contributed by atoms with E-state index in [2.05, 4.69) is 0 Å². The molecule has 0 unspecified atom stereocenters. The van der Waals surface area contributed by atoms with Gasteiger partial charge < -0.3 is 5.11 Å². The average Bonchev–Trinajstić information content (AvgIpc) is 2.70. The lowest BCUT2D eigenvalue weighted by Crippen LogP contribution is -2.36. The van der Waals surface area contributed by atoms with Crippen LogP contribution in [0, 0.1) is 5.41 Å². The maximum absolute atomic E-state index is 11.7. The van der Waals surface area contributed by atoms with Crippen molar-refractivity contribution in [2.75, 3.05) is 18.6 Å². The number of carbonyl (C=O) groups is 2. The van der Waals surface area contributed by atoms with Gasteiger partial charge in [-0.05, 0) is 31.9 Å². The fourth-order valence-corrected chi connectivity index (χ4v) is 2.39. The fourth-order valence-electron chi connectivity index (χ4n) is 2.39. The number of rotatable bonds is 4. The van der Waals surface area contributed by atoms with Crippen LogP contribution in [-0.2, 0) is 16.0 Å². The zero-order valence-electron chi connectivity index (χ0n) is 12.1. The number of carboxylic acid groups (broad SMARTS) is 1. The SMILES string of the molecule is CN1C(=O)CCN1c1ccccc1CC(C)(C)C(=O)O. The number of aliphatic carboxylic acids is 1. The maximum atomic E-state index is 11.7. The quantitative estimate of drug-likeness (QED) is 0.912. The van der Waals surface area contributed by atoms with Gasteiger partial charge in [0.05, 0.1) is 11.1 Å². The van der Waals surface area contributed by atoms with Crippen molar-refractivity contribution < 1.29 is 14.7 Å². The first-order valence-corrected chi connectivity index (χ1v) is 6.68. The average molecular weight is 276 g/mol. The number of benzene rings is 1. The zero-order valence-corrected chi connectivity index (χ0v) is 12.1. The van der Waals surface area contributed by atoms with E-state index in [1.165, 1.54) is 0 Å². The first-order chi connectivity index (χ1) is 9.33. The molecule has 0 saturated carbocycles. The molecule has 1 fully saturated rings. The molecule has 1 aromatic rings. The van der Waals surface area contributed by atoms with Gasteiger partial charge in [0, 0.05) is 20.0 Å². The second-order valence-electron chi connectivity index (χ2n) is 5.79. The Kier molecular flexibility index (Phi) is 3.70. The van der Waals surface area contributed by atoms with Gasteiger partial charge in [0.15, 0.2) is 0 Å². The highest BCUT2D eigenvalue weighted by Gasteiger charge is 2.31. The summed E-state index contributed by atoms with van der Waals surface area (Å²) in [6.45, 7) is 4.07. The van der Waals surface area contributed by atoms with Gasteiger partial charge in [0.2, 0.25) is 5.91 Å². The molecule has 0 radical (unpaired) electrons. The normalized spacial score (nSPS) is 15.8. The van der Waals surface area contributed by atoms with Crippen molar-refractivity contribution in [1.82, 2.24) is 5.01 Å². The number of hydrazine groups is 1. The Morgan fingerprint density at radius 1 is 1.35 bits per heavy atom. The number of para-hydroxylation sites is 1. The summed E-state index contributed by atoms with van der Waals surface area (Å²) in [4.78, 5) is 22.9. The maximum Gasteiger partial charge on any atom is 0.309 e. The van der Waals surface area contributed by atoms with E-state index in [1.54, 1.807) is 25.9 Å². The van der Waals surface area contributed by atoms with Gasteiger partial charge in [-0.3, -0.25) is 19.6 Å². The molecule has 20 heavy (non-hydrogen) atoms. The minimum Gasteiger partial charge on any atom is -0.481 e. The second kappa shape index (κ2) is 5.15. The van der Waals surface area contributed by atoms with Crippen molar-refractivity contribution in [2.45, 2.75) is 26.7 Å². The van der Waals surface area contributed by atoms with Crippen LogP contribution in [0.25, 0.3) is 0 Å². The lowest BCUT2D eigenvalue weighted by Gasteiger charge is -2.30. The van der Waals surface area contributed by atoms with Crippen LogP contribution in [0.5, 0.6) is 0 Å². The molecule has 1 aromatic carbocycles. The summed E-state index contributed by atoms with van der Waals surface area (Å²) < 4.78 is 0. The van der Waals surface area contributed by atoms with Gasteiger partial charge in [-0.1, -0.05) is 18.2 Å². The van der Waals surface area contributed by atoms with Crippen LogP contribution in [0.2, 0.25) is 0 Å². The lowest BCUT2D eigenvalue weighted by atomic mass is 9.85. The van der Waals surface area contributed by atoms with Crippen molar-refractivity contribution in [3.8, 4) is 0 Å². The minimum absolute atomic E-state index is 0.0808. The summed E-state index contributed by atoms with van der Waals surface area (Å²) in [7, 11) is 1.74. The van der Waals surface area contributed by atoms with Gasteiger partial charge in [-0.25, -0.2) is 0 Å². The third-order valence-electron chi connectivity index (χ3n) is 3.74. The van der Waals surface area contributed by atoms with Crippen molar-refractivity contribution in [1.29, 1.82) is 0 Å². The van der Waals surface area contributed by atoms with E-state index in [-0.39, 0.29) is 5.91 Å². The van der Waals surface area contributed by atoms with E-state index in [9.17, 15) is 14.7 Å². The van der Waals surface area contributed by atoms with Gasteiger partial charge in [0.1, 0.15) is 0 Å². The first kappa shape index (κ1) is 14.4. The van der Waals surface area contributed by atoms with E-state index in [0.29, 0.717) is 19.4 Å². The molecular weight excluding hydrogens is 256 g/mol. The van der Waals surface area contributed by atoms with E-state index in [0.717, 1.165) is 11.3 Å². The third kappa shape index (κ3) is 2.61. The van der Waals surface area contributed by atoms with Crippen LogP contribution in [0.3, 0.4) is 0 Å². The fraction of sp³-hybridized carbons (Fsp3) is 0.467. The predicted octanol–water partition coefficient (Wildman–Crippen LogP) is 1.92. The standard InChI is InChI=1S/C15H20N2O3/c1-15(2,14(19)20)10-11-6-4-5-7-12(11)17-9-8-13(18)16(17)3/h4-7H,8-10H2,1-3H3,(H,19,20). The van der Waals surface area contributed by atoms with Crippen LogP contribution in [0.1, 0.15) is 25.8 Å². The second-order valence-corrected chi connectivity index (χ2v) is 5.79. The largest absolute Gasteiger partial charge is 0.481 e. The molecule has 0 aromatic heterocycles. The Labute approximate surface area is 118 Å². The smallest absolute Gasteiger partial charge is 0.309 e. The van der Waals surface area contributed by atoms with Gasteiger partial charge in [0.25, 0.3) is 0 Å². The summed E-state index contributed by atoms with van der Waals surface area (Å²) in [5, 5.41) is 12.8. The molecule has 1 amide bonds. The number of anilines is 1. The number of amides is 1. The van der Waals surface area contributed by atoms with Gasteiger partial charge >= 0.3 is 5.97 Å². The molecule has 5 nitrogen and oxygen atoms in total. The van der Waals surface area contributed by atoms with Gasteiger partial charge in [-0.15, -0.1) is 0 Å². The third-order valence-corrected chi connectivity index (χ3v) is 3.74. The lowest BCUT2D eigenvalue weighted by molar-refractivity contribution is -0.146. The molecule has 5 heteroatoms. The van der Waals surface area contributed by atoms with Crippen molar-refractivity contribution >= 4 is 17.6 Å². The number of nitrogens with zero attached hydrogens (tertiary/aromatic N) is 2. The van der Waals surface area contributed by atoms with Crippen molar-refractivity contribution in [3.05, 3.63) is 29.8 Å². The van der Waals surface area contributed by atoms with Crippen LogP contribution in [-0.4, -0.2) is 35.6 Å². The number of hydrogen-bond donors (Lipinski definition) is 1. The highest BCUT2D eigenvalue weighted by molar-refractivity contribution is 5.82. The summed E-state index contributed by atoms with van der Waals surface area (Å²) in [5.41, 5.74) is 1.02. The molecule has 0 bridgehead atoms. The number of carboxylic acids is 1. The van der Waals surface area contributed by atoms with E-state index >= 15 is 0 Å². The zero-order chi connectivity index (χ0) is 14.9. The molecule has 0 atom stereocenters. The topological polar surface area (TPSA) is 60.9 Å². The summed E-state index contributed by atoms with van der Waals surface area (Å²) >= 11 is 0. The number of hydrogen-bond acceptors (Lipinski definition) is 3. The highest BCUT2D eigenvalue weighted by Crippen LogP contribution is 2.31. The Balaban J connectivity index is 2.32. The molecule has 1 aliphatic heterocycles. The molecule has 1 saturated heterocycles. The predicted molar refractivity (Wildman–Crippen MR) is 76.3 cm³/mol. The monoisotopic (exact) mass is 276 g/mol. The van der Waals surface area contributed by atoms with Gasteiger partial charge in [-0.2, -0.15) is 0 Å². The minimum atomic E-state index is -0.835. The molecule has 108 valence electrons. The Morgan fingerprint density at radius 3 is 2.55 bits per heavy atom. The van der Waals surface area contributed by atoms with Crippen molar-refractivity contribution in [3.63, 3.8) is 0 Å². The van der Waals surface area contributed by atoms with Crippen LogP contribution >= 0.6 is 0 Å². The molecule has 1 N–H and O–H groups in total. The highest BCUT2D eigenvalue weighted by atomic mass is 16.4. The van der Waals surface area contributed by atoms with Crippen LogP contribution in [0.15, 0.2) is 24.3 Å². The number of carbonyl (C=O) groups excluding carboxylic acids is 1. The van der Waals surface area contributed by atoms with E-state index in [1.807, 2.05) is 29.3 Å². The van der Waals surface area contributed by atoms with Crippen molar-refractivity contribution in [2.24, 2.45) is 5.41 Å². The molecule has 1 heterocycles. The Hall–Kier alpha value is -2.04. The first-order valence-electron chi connectivity index (χ1n) is 6.68. The van der Waals surface area contributed by atoms with E-state index in [4.69, 9.17) is 0 Å². The molecule has 1 aliphatic rings. The molecule has 0 aliphatic carbocycles. The summed E-state index contributed by atoms with van der Waals surface area (Å²) in [6.07, 6.45) is 0.921. The van der Waals surface area contributed by atoms with Crippen LogP contribution in [0.4, 0.5) is 5.69 Å². The summed E-state index contributed by atoms with van der Waals surface area (Å²) in [5.74, 6) is -0.740. The Bertz CT molecular complexity index is 540. The molecule has 2 rings (SSSR count).